The Kier molecular flexibility index (Phi) is 5.85. The number of carbonyl (C=O) groups excluding carboxylic acids is 2. The molecule has 10 heteroatoms. The maximum atomic E-state index is 12.9. The lowest BCUT2D eigenvalue weighted by atomic mass is 10.1. The molecule has 4 rings (SSSR count). The Morgan fingerprint density at radius 2 is 2.00 bits per heavy atom. The second-order valence-corrected chi connectivity index (χ2v) is 10.9. The number of anilines is 1. The van der Waals surface area contributed by atoms with Crippen LogP contribution in [-0.2, 0) is 26.0 Å². The van der Waals surface area contributed by atoms with Crippen LogP contribution in [0.15, 0.2) is 46.2 Å². The molecule has 0 aliphatic carbocycles. The molecular formula is C21H22N2O6S2. The van der Waals surface area contributed by atoms with E-state index in [4.69, 9.17) is 9.47 Å². The molecule has 2 N–H and O–H groups in total. The van der Waals surface area contributed by atoms with Gasteiger partial charge in [0.15, 0.2) is 21.3 Å². The van der Waals surface area contributed by atoms with Crippen LogP contribution < -0.4 is 20.1 Å². The molecule has 0 bridgehead atoms. The maximum Gasteiger partial charge on any atom is 0.237 e. The number of benzene rings is 2. The average Bonchev–Trinajstić information content (AvgIpc) is 3.20. The molecule has 0 radical (unpaired) electrons. The molecule has 0 spiro atoms. The molecule has 2 aliphatic rings. The van der Waals surface area contributed by atoms with E-state index in [1.54, 1.807) is 32.0 Å². The van der Waals surface area contributed by atoms with E-state index >= 15 is 0 Å². The smallest absolute Gasteiger partial charge is 0.237 e. The van der Waals surface area contributed by atoms with Gasteiger partial charge in [-0.2, -0.15) is 0 Å². The first-order chi connectivity index (χ1) is 14.7. The Balaban J connectivity index is 1.39. The topological polar surface area (TPSA) is 111 Å². The number of sulfone groups is 1. The van der Waals surface area contributed by atoms with E-state index in [2.05, 4.69) is 10.6 Å². The van der Waals surface area contributed by atoms with Gasteiger partial charge in [0.1, 0.15) is 0 Å². The third-order valence-electron chi connectivity index (χ3n) is 5.06. The van der Waals surface area contributed by atoms with E-state index in [0.717, 1.165) is 10.5 Å². The predicted molar refractivity (Wildman–Crippen MR) is 116 cm³/mol. The number of carbonyl (C=O) groups is 2. The third-order valence-corrected chi connectivity index (χ3v) is 8.15. The lowest BCUT2D eigenvalue weighted by molar-refractivity contribution is -0.124. The summed E-state index contributed by atoms with van der Waals surface area (Å²) in [4.78, 5) is 25.3. The molecule has 0 saturated heterocycles. The Morgan fingerprint density at radius 3 is 2.81 bits per heavy atom. The maximum absolute atomic E-state index is 12.9. The fourth-order valence-electron chi connectivity index (χ4n) is 3.30. The number of hydrogen-bond acceptors (Lipinski definition) is 7. The highest BCUT2D eigenvalue weighted by Crippen LogP contribution is 2.37. The summed E-state index contributed by atoms with van der Waals surface area (Å²) in [6, 6.07) is 10.0. The van der Waals surface area contributed by atoms with Gasteiger partial charge >= 0.3 is 0 Å². The normalized spacial score (nSPS) is 18.1. The van der Waals surface area contributed by atoms with Crippen LogP contribution in [0.3, 0.4) is 0 Å². The van der Waals surface area contributed by atoms with Crippen LogP contribution in [-0.4, -0.2) is 38.0 Å². The van der Waals surface area contributed by atoms with E-state index in [9.17, 15) is 18.0 Å². The van der Waals surface area contributed by atoms with Crippen molar-refractivity contribution in [3.8, 4) is 11.5 Å². The van der Waals surface area contributed by atoms with Crippen molar-refractivity contribution >= 4 is 39.1 Å². The summed E-state index contributed by atoms with van der Waals surface area (Å²) in [5.74, 6) is -0.340. The van der Waals surface area contributed by atoms with E-state index < -0.39 is 15.8 Å². The van der Waals surface area contributed by atoms with Crippen molar-refractivity contribution in [2.75, 3.05) is 17.9 Å². The first-order valence-electron chi connectivity index (χ1n) is 9.73. The summed E-state index contributed by atoms with van der Waals surface area (Å²) < 4.78 is 36.3. The Hall–Kier alpha value is -2.72. The lowest BCUT2D eigenvalue weighted by Crippen LogP contribution is -2.33. The summed E-state index contributed by atoms with van der Waals surface area (Å²) >= 11 is 1.38. The second kappa shape index (κ2) is 8.43. The minimum absolute atomic E-state index is 0.0807. The molecule has 0 aromatic heterocycles. The van der Waals surface area contributed by atoms with Gasteiger partial charge in [-0.05, 0) is 42.8 Å². The molecule has 2 aromatic carbocycles. The summed E-state index contributed by atoms with van der Waals surface area (Å²) in [6.07, 6.45) is 0. The quantitative estimate of drug-likeness (QED) is 0.679. The zero-order chi connectivity index (χ0) is 22.2. The zero-order valence-corrected chi connectivity index (χ0v) is 18.6. The van der Waals surface area contributed by atoms with E-state index in [1.165, 1.54) is 23.9 Å². The summed E-state index contributed by atoms with van der Waals surface area (Å²) in [6.45, 7) is 3.78. The molecule has 2 heterocycles. The van der Waals surface area contributed by atoms with Crippen LogP contribution in [0, 0.1) is 5.92 Å². The molecule has 2 amide bonds. The van der Waals surface area contributed by atoms with Gasteiger partial charge in [-0.1, -0.05) is 13.0 Å². The molecule has 0 saturated carbocycles. The molecule has 2 aromatic rings. The van der Waals surface area contributed by atoms with Crippen molar-refractivity contribution in [3.05, 3.63) is 42.0 Å². The minimum Gasteiger partial charge on any atom is -0.454 e. The van der Waals surface area contributed by atoms with Crippen LogP contribution in [0.2, 0.25) is 0 Å². The first-order valence-corrected chi connectivity index (χ1v) is 12.3. The second-order valence-electron chi connectivity index (χ2n) is 7.50. The average molecular weight is 463 g/mol. The number of fused-ring (bicyclic) bond motifs is 2. The number of thioether (sulfide) groups is 1. The highest BCUT2D eigenvalue weighted by Gasteiger charge is 2.27. The number of nitrogens with one attached hydrogen (secondary N) is 2. The summed E-state index contributed by atoms with van der Waals surface area (Å²) in [7, 11) is -3.72. The summed E-state index contributed by atoms with van der Waals surface area (Å²) in [5.41, 5.74) is 1.30. The van der Waals surface area contributed by atoms with Gasteiger partial charge in [-0.25, -0.2) is 8.42 Å². The van der Waals surface area contributed by atoms with Gasteiger partial charge in [0.05, 0.1) is 21.6 Å². The van der Waals surface area contributed by atoms with Crippen molar-refractivity contribution in [2.24, 2.45) is 5.92 Å². The number of amides is 2. The van der Waals surface area contributed by atoms with Crippen molar-refractivity contribution in [2.45, 2.75) is 35.4 Å². The van der Waals surface area contributed by atoms with Gasteiger partial charge in [0.25, 0.3) is 0 Å². The van der Waals surface area contributed by atoms with Gasteiger partial charge in [-0.3, -0.25) is 9.59 Å². The fraction of sp³-hybridized carbons (Fsp3) is 0.333. The van der Waals surface area contributed by atoms with E-state index in [1.807, 2.05) is 6.07 Å². The SMILES string of the molecule is C[C@H](CS(=O)(=O)c1ccc2c(c1)NC(=O)[C@@H](C)S2)C(=O)NCc1ccc2c(c1)OCO2. The number of hydrogen-bond donors (Lipinski definition) is 2. The molecule has 164 valence electrons. The molecule has 31 heavy (non-hydrogen) atoms. The van der Waals surface area contributed by atoms with Crippen LogP contribution >= 0.6 is 11.8 Å². The number of ether oxygens (including phenoxy) is 2. The highest BCUT2D eigenvalue weighted by atomic mass is 32.2. The van der Waals surface area contributed by atoms with Crippen LogP contribution in [0.5, 0.6) is 11.5 Å². The molecule has 2 atom stereocenters. The van der Waals surface area contributed by atoms with Gasteiger partial charge in [0, 0.05) is 17.4 Å². The predicted octanol–water partition coefficient (Wildman–Crippen LogP) is 2.57. The van der Waals surface area contributed by atoms with Gasteiger partial charge in [-0.15, -0.1) is 11.8 Å². The van der Waals surface area contributed by atoms with Crippen LogP contribution in [0.4, 0.5) is 5.69 Å². The molecule has 8 nitrogen and oxygen atoms in total. The lowest BCUT2D eigenvalue weighted by Gasteiger charge is -2.22. The molecule has 0 unspecified atom stereocenters. The fourth-order valence-corrected chi connectivity index (χ4v) is 5.80. The highest BCUT2D eigenvalue weighted by molar-refractivity contribution is 8.01. The van der Waals surface area contributed by atoms with Crippen molar-refractivity contribution < 1.29 is 27.5 Å². The standard InChI is InChI=1S/C21H22N2O6S2/c1-12(20(24)22-9-14-3-5-17-18(7-14)29-11-28-17)10-31(26,27)15-4-6-19-16(8-15)23-21(25)13(2)30-19/h3-8,12-13H,9-11H2,1-2H3,(H,22,24)(H,23,25)/t12-,13-/m1/s1. The zero-order valence-electron chi connectivity index (χ0n) is 17.0. The number of rotatable bonds is 6. The van der Waals surface area contributed by atoms with Gasteiger partial charge < -0.3 is 20.1 Å². The Bertz CT molecular complexity index is 1150. The van der Waals surface area contributed by atoms with Crippen molar-refractivity contribution in [1.82, 2.24) is 5.32 Å². The largest absolute Gasteiger partial charge is 0.454 e. The molecular weight excluding hydrogens is 440 g/mol. The van der Waals surface area contributed by atoms with E-state index in [0.29, 0.717) is 17.2 Å². The molecule has 0 fully saturated rings. The van der Waals surface area contributed by atoms with Crippen molar-refractivity contribution in [3.63, 3.8) is 0 Å². The van der Waals surface area contributed by atoms with Crippen molar-refractivity contribution in [1.29, 1.82) is 0 Å². The van der Waals surface area contributed by atoms with Crippen LogP contribution in [0.1, 0.15) is 19.4 Å². The first kappa shape index (κ1) is 21.5. The Morgan fingerprint density at radius 1 is 1.23 bits per heavy atom. The minimum atomic E-state index is -3.72. The van der Waals surface area contributed by atoms with Crippen LogP contribution in [0.25, 0.3) is 0 Å². The monoisotopic (exact) mass is 462 g/mol. The molecule has 2 aliphatic heterocycles. The summed E-state index contributed by atoms with van der Waals surface area (Å²) in [5, 5.41) is 5.26. The third kappa shape index (κ3) is 4.64. The van der Waals surface area contributed by atoms with E-state index in [-0.39, 0.29) is 41.1 Å². The van der Waals surface area contributed by atoms with Gasteiger partial charge in [0.2, 0.25) is 18.6 Å². The Labute approximate surface area is 184 Å².